The van der Waals surface area contributed by atoms with Gasteiger partial charge in [-0.25, -0.2) is 0 Å². The Labute approximate surface area is 146 Å². The number of aliphatic hydroxyl groups is 2. The highest BCUT2D eigenvalue weighted by atomic mass is 32.2. The summed E-state index contributed by atoms with van der Waals surface area (Å²) in [6.45, 7) is 0. The largest absolute Gasteiger partial charge is 0.478 e. The molecular weight excluding hydrogens is 361 g/mol. The van der Waals surface area contributed by atoms with Crippen LogP contribution in [0.15, 0.2) is 35.3 Å². The highest BCUT2D eigenvalue weighted by Gasteiger charge is 2.58. The first-order valence-corrected chi connectivity index (χ1v) is 8.39. The number of aliphatic imine (C=N–C) groups is 1. The van der Waals surface area contributed by atoms with Gasteiger partial charge < -0.3 is 25.0 Å². The topological polar surface area (TPSA) is 83.3 Å². The lowest BCUT2D eigenvalue weighted by atomic mass is 9.94. The SMILES string of the molecule is CN=C1N[C@@H]2[C@@H](O)[C@H](O)[C@@H]([C@@H](Oc3ccccc3)C(F)(F)F)O[C@@H]2S1. The van der Waals surface area contributed by atoms with Gasteiger partial charge in [0.05, 0.1) is 6.04 Å². The normalized spacial score (nSPS) is 35.1. The average Bonchev–Trinajstić information content (AvgIpc) is 3.00. The number of rotatable bonds is 3. The number of alkyl halides is 3. The van der Waals surface area contributed by atoms with Crippen molar-refractivity contribution in [2.75, 3.05) is 7.05 Å². The van der Waals surface area contributed by atoms with Crippen molar-refractivity contribution in [3.8, 4) is 5.75 Å². The molecular formula is C15H17F3N2O4S. The van der Waals surface area contributed by atoms with Crippen molar-refractivity contribution in [3.63, 3.8) is 0 Å². The van der Waals surface area contributed by atoms with E-state index in [1.165, 1.54) is 31.3 Å². The van der Waals surface area contributed by atoms with Gasteiger partial charge in [-0.05, 0) is 12.1 Å². The molecule has 10 heteroatoms. The number of hydrogen-bond donors (Lipinski definition) is 3. The van der Waals surface area contributed by atoms with Crippen LogP contribution in [-0.4, -0.2) is 64.5 Å². The zero-order chi connectivity index (χ0) is 18.2. The number of fused-ring (bicyclic) bond motifs is 1. The van der Waals surface area contributed by atoms with E-state index in [4.69, 9.17) is 9.47 Å². The second kappa shape index (κ2) is 7.02. The van der Waals surface area contributed by atoms with Crippen LogP contribution in [0.3, 0.4) is 0 Å². The van der Waals surface area contributed by atoms with E-state index in [1.54, 1.807) is 6.07 Å². The van der Waals surface area contributed by atoms with Gasteiger partial charge in [0.15, 0.2) is 5.17 Å². The van der Waals surface area contributed by atoms with Crippen molar-refractivity contribution in [2.24, 2.45) is 4.99 Å². The molecule has 0 spiro atoms. The van der Waals surface area contributed by atoms with Crippen LogP contribution in [0, 0.1) is 0 Å². The molecule has 2 fully saturated rings. The molecule has 0 radical (unpaired) electrons. The summed E-state index contributed by atoms with van der Waals surface area (Å²) in [5, 5.41) is 23.7. The number of thioether (sulfide) groups is 1. The second-order valence-corrected chi connectivity index (χ2v) is 6.75. The Balaban J connectivity index is 1.85. The van der Waals surface area contributed by atoms with Crippen molar-refractivity contribution in [2.45, 2.75) is 42.1 Å². The molecule has 3 N–H and O–H groups in total. The zero-order valence-electron chi connectivity index (χ0n) is 13.1. The first-order chi connectivity index (χ1) is 11.8. The lowest BCUT2D eigenvalue weighted by molar-refractivity contribution is -0.264. The molecule has 2 heterocycles. The van der Waals surface area contributed by atoms with Crippen LogP contribution in [0.25, 0.3) is 0 Å². The lowest BCUT2D eigenvalue weighted by Crippen LogP contribution is -2.64. The van der Waals surface area contributed by atoms with Crippen LogP contribution < -0.4 is 10.1 Å². The minimum atomic E-state index is -4.80. The van der Waals surface area contributed by atoms with E-state index in [2.05, 4.69) is 10.3 Å². The molecule has 0 aromatic heterocycles. The van der Waals surface area contributed by atoms with Crippen LogP contribution in [0.4, 0.5) is 13.2 Å². The number of hydrogen-bond acceptors (Lipinski definition) is 6. The van der Waals surface area contributed by atoms with Crippen molar-refractivity contribution in [1.29, 1.82) is 0 Å². The van der Waals surface area contributed by atoms with Crippen molar-refractivity contribution >= 4 is 16.9 Å². The third kappa shape index (κ3) is 3.71. The van der Waals surface area contributed by atoms with E-state index in [-0.39, 0.29) is 5.75 Å². The average molecular weight is 378 g/mol. The van der Waals surface area contributed by atoms with Crippen molar-refractivity contribution in [1.82, 2.24) is 5.32 Å². The van der Waals surface area contributed by atoms with E-state index in [1.807, 2.05) is 0 Å². The predicted octanol–water partition coefficient (Wildman–Crippen LogP) is 1.13. The molecule has 2 saturated heterocycles. The van der Waals surface area contributed by atoms with Gasteiger partial charge in [0.1, 0.15) is 29.5 Å². The number of ether oxygens (including phenoxy) is 2. The molecule has 0 amide bonds. The fourth-order valence-electron chi connectivity index (χ4n) is 2.76. The third-order valence-corrected chi connectivity index (χ3v) is 5.15. The van der Waals surface area contributed by atoms with E-state index in [0.717, 1.165) is 11.8 Å². The molecule has 25 heavy (non-hydrogen) atoms. The molecule has 6 nitrogen and oxygen atoms in total. The maximum atomic E-state index is 13.5. The minimum Gasteiger partial charge on any atom is -0.478 e. The Morgan fingerprint density at radius 2 is 1.92 bits per heavy atom. The molecule has 0 unspecified atom stereocenters. The van der Waals surface area contributed by atoms with Gasteiger partial charge >= 0.3 is 6.18 Å². The third-order valence-electron chi connectivity index (χ3n) is 3.99. The summed E-state index contributed by atoms with van der Waals surface area (Å²) in [6, 6.07) is 6.71. The number of aliphatic hydroxyl groups excluding tert-OH is 2. The van der Waals surface area contributed by atoms with Gasteiger partial charge in [-0.2, -0.15) is 13.2 Å². The van der Waals surface area contributed by atoms with Crippen molar-refractivity contribution < 1.29 is 32.9 Å². The number of nitrogens with zero attached hydrogens (tertiary/aromatic N) is 1. The quantitative estimate of drug-likeness (QED) is 0.732. The highest BCUT2D eigenvalue weighted by molar-refractivity contribution is 8.14. The number of halogens is 3. The summed E-state index contributed by atoms with van der Waals surface area (Å²) in [5.74, 6) is -0.00903. The Morgan fingerprint density at radius 1 is 1.24 bits per heavy atom. The van der Waals surface area contributed by atoms with Gasteiger partial charge in [-0.1, -0.05) is 30.0 Å². The molecule has 6 atom stereocenters. The lowest BCUT2D eigenvalue weighted by Gasteiger charge is -2.42. The Hall–Kier alpha value is -1.49. The van der Waals surface area contributed by atoms with Crippen LogP contribution in [0.5, 0.6) is 5.75 Å². The van der Waals surface area contributed by atoms with Crippen LogP contribution in [0.1, 0.15) is 0 Å². The first kappa shape index (κ1) is 18.3. The van der Waals surface area contributed by atoms with E-state index in [0.29, 0.717) is 5.17 Å². The summed E-state index contributed by atoms with van der Waals surface area (Å²) in [4.78, 5) is 3.90. The Bertz CT molecular complexity index is 631. The maximum Gasteiger partial charge on any atom is 0.428 e. The number of amidine groups is 1. The number of para-hydroxylation sites is 1. The fraction of sp³-hybridized carbons (Fsp3) is 0.533. The van der Waals surface area contributed by atoms with Crippen LogP contribution >= 0.6 is 11.8 Å². The monoisotopic (exact) mass is 378 g/mol. The van der Waals surface area contributed by atoms with Gasteiger partial charge in [0.25, 0.3) is 0 Å². The van der Waals surface area contributed by atoms with Crippen molar-refractivity contribution in [3.05, 3.63) is 30.3 Å². The summed E-state index contributed by atoms with van der Waals surface area (Å²) in [5.41, 5.74) is -0.814. The van der Waals surface area contributed by atoms with E-state index >= 15 is 0 Å². The summed E-state index contributed by atoms with van der Waals surface area (Å²) in [6.07, 6.45) is -12.2. The molecule has 1 aromatic carbocycles. The highest BCUT2D eigenvalue weighted by Crippen LogP contribution is 2.39. The number of benzene rings is 1. The molecule has 2 aliphatic rings. The van der Waals surface area contributed by atoms with Gasteiger partial charge in [0.2, 0.25) is 6.10 Å². The summed E-state index contributed by atoms with van der Waals surface area (Å²) >= 11 is 1.06. The summed E-state index contributed by atoms with van der Waals surface area (Å²) in [7, 11) is 1.50. The first-order valence-electron chi connectivity index (χ1n) is 7.51. The predicted molar refractivity (Wildman–Crippen MR) is 85.5 cm³/mol. The Morgan fingerprint density at radius 3 is 2.52 bits per heavy atom. The molecule has 0 aliphatic carbocycles. The van der Waals surface area contributed by atoms with Gasteiger partial charge in [0, 0.05) is 7.05 Å². The van der Waals surface area contributed by atoms with Gasteiger partial charge in [-0.3, -0.25) is 4.99 Å². The number of nitrogens with one attached hydrogen (secondary N) is 1. The fourth-order valence-corrected chi connectivity index (χ4v) is 3.85. The van der Waals surface area contributed by atoms with E-state index < -0.39 is 42.1 Å². The molecule has 3 rings (SSSR count). The smallest absolute Gasteiger partial charge is 0.428 e. The van der Waals surface area contributed by atoms with Crippen LogP contribution in [0.2, 0.25) is 0 Å². The minimum absolute atomic E-state index is 0.00903. The molecule has 0 bridgehead atoms. The molecule has 138 valence electrons. The Kier molecular flexibility index (Phi) is 5.14. The van der Waals surface area contributed by atoms with E-state index in [9.17, 15) is 23.4 Å². The van der Waals surface area contributed by atoms with Gasteiger partial charge in [-0.15, -0.1) is 0 Å². The maximum absolute atomic E-state index is 13.5. The second-order valence-electron chi connectivity index (χ2n) is 5.66. The zero-order valence-corrected chi connectivity index (χ0v) is 13.9. The summed E-state index contributed by atoms with van der Waals surface area (Å²) < 4.78 is 51.1. The van der Waals surface area contributed by atoms with Crippen LogP contribution in [-0.2, 0) is 4.74 Å². The molecule has 0 saturated carbocycles. The molecule has 2 aliphatic heterocycles. The standard InChI is InChI=1S/C15H17F3N2O4S/c1-19-14-20-8-9(21)10(22)11(24-13(8)25-14)12(15(16,17)18)23-7-5-3-2-4-6-7/h2-6,8-13,21-22H,1H3,(H,19,20)/t8-,9-,10+,11+,12-,13-/m1/s1. The molecule has 1 aromatic rings.